The standard InChI is InChI=1S/C27H35ClFN3O4S/c1-20(27(34)30-23-12-4-3-5-13-23)31(19-21-10-8-11-22(28)18-21)26(33)16-9-17-32(37(2,35)36)25-15-7-6-14-24(25)29/h6-8,10-11,14-15,18,20,23H,3-5,9,12-13,16-17,19H2,1-2H3,(H,30,34)/t20-/m0/s1. The van der Waals surface area contributed by atoms with Crippen LogP contribution in [0.25, 0.3) is 0 Å². The molecule has 0 heterocycles. The number of carbonyl (C=O) groups is 2. The molecule has 0 radical (unpaired) electrons. The minimum Gasteiger partial charge on any atom is -0.352 e. The van der Waals surface area contributed by atoms with Gasteiger partial charge in [-0.2, -0.15) is 0 Å². The maximum atomic E-state index is 14.3. The normalized spacial score (nSPS) is 15.1. The third kappa shape index (κ3) is 8.43. The van der Waals surface area contributed by atoms with Crippen molar-refractivity contribution in [1.29, 1.82) is 0 Å². The summed E-state index contributed by atoms with van der Waals surface area (Å²) in [5.41, 5.74) is 0.718. The number of rotatable bonds is 11. The Morgan fingerprint density at radius 1 is 1.11 bits per heavy atom. The number of carbonyl (C=O) groups excluding carboxylic acids is 2. The SMILES string of the molecule is C[C@@H](C(=O)NC1CCCCC1)N(Cc1cccc(Cl)c1)C(=O)CCCN(c1ccccc1F)S(C)(=O)=O. The van der Waals surface area contributed by atoms with Crippen LogP contribution in [0.5, 0.6) is 0 Å². The lowest BCUT2D eigenvalue weighted by atomic mass is 9.95. The number of anilines is 1. The molecule has 2 amide bonds. The van der Waals surface area contributed by atoms with Gasteiger partial charge < -0.3 is 10.2 Å². The maximum Gasteiger partial charge on any atom is 0.242 e. The highest BCUT2D eigenvalue weighted by atomic mass is 35.5. The minimum absolute atomic E-state index is 0.0118. The molecule has 202 valence electrons. The van der Waals surface area contributed by atoms with Crippen molar-refractivity contribution in [3.8, 4) is 0 Å². The van der Waals surface area contributed by atoms with Crippen molar-refractivity contribution in [2.24, 2.45) is 0 Å². The molecule has 0 unspecified atom stereocenters. The Bertz CT molecular complexity index is 1190. The number of para-hydroxylation sites is 1. The molecule has 1 N–H and O–H groups in total. The van der Waals surface area contributed by atoms with Gasteiger partial charge in [-0.05, 0) is 56.0 Å². The first-order chi connectivity index (χ1) is 17.6. The van der Waals surface area contributed by atoms with Gasteiger partial charge in [0.05, 0.1) is 11.9 Å². The lowest BCUT2D eigenvalue weighted by Crippen LogP contribution is -2.50. The van der Waals surface area contributed by atoms with Gasteiger partial charge in [-0.15, -0.1) is 0 Å². The van der Waals surface area contributed by atoms with Gasteiger partial charge in [0.1, 0.15) is 11.9 Å². The Kier molecular flexibility index (Phi) is 10.3. The van der Waals surface area contributed by atoms with E-state index >= 15 is 0 Å². The molecule has 2 aromatic carbocycles. The second kappa shape index (κ2) is 13.2. The molecular weight excluding hydrogens is 517 g/mol. The van der Waals surface area contributed by atoms with Gasteiger partial charge in [0.2, 0.25) is 21.8 Å². The van der Waals surface area contributed by atoms with E-state index < -0.39 is 21.9 Å². The number of amides is 2. The van der Waals surface area contributed by atoms with E-state index in [0.717, 1.165) is 41.8 Å². The molecule has 37 heavy (non-hydrogen) atoms. The van der Waals surface area contributed by atoms with Gasteiger partial charge in [0.25, 0.3) is 0 Å². The fourth-order valence-corrected chi connectivity index (χ4v) is 5.80. The van der Waals surface area contributed by atoms with E-state index in [2.05, 4.69) is 5.32 Å². The van der Waals surface area contributed by atoms with E-state index in [1.54, 1.807) is 31.2 Å². The number of hydrogen-bond donors (Lipinski definition) is 1. The summed E-state index contributed by atoms with van der Waals surface area (Å²) >= 11 is 6.14. The van der Waals surface area contributed by atoms with Gasteiger partial charge in [-0.25, -0.2) is 12.8 Å². The van der Waals surface area contributed by atoms with Crippen LogP contribution in [0.4, 0.5) is 10.1 Å². The maximum absolute atomic E-state index is 14.3. The molecule has 1 saturated carbocycles. The molecule has 0 saturated heterocycles. The first-order valence-corrected chi connectivity index (χ1v) is 14.9. The van der Waals surface area contributed by atoms with Crippen LogP contribution in [0.3, 0.4) is 0 Å². The molecule has 7 nitrogen and oxygen atoms in total. The van der Waals surface area contributed by atoms with Crippen LogP contribution >= 0.6 is 11.6 Å². The molecular formula is C27H35ClFN3O4S. The van der Waals surface area contributed by atoms with Crippen LogP contribution < -0.4 is 9.62 Å². The van der Waals surface area contributed by atoms with Crippen molar-refractivity contribution < 1.29 is 22.4 Å². The zero-order chi connectivity index (χ0) is 27.0. The molecule has 1 aliphatic rings. The van der Waals surface area contributed by atoms with E-state index in [1.165, 1.54) is 29.5 Å². The van der Waals surface area contributed by atoms with Gasteiger partial charge >= 0.3 is 0 Å². The van der Waals surface area contributed by atoms with E-state index in [9.17, 15) is 22.4 Å². The van der Waals surface area contributed by atoms with Crippen LogP contribution in [0.1, 0.15) is 57.4 Å². The predicted molar refractivity (Wildman–Crippen MR) is 144 cm³/mol. The Morgan fingerprint density at radius 2 is 1.81 bits per heavy atom. The number of halogens is 2. The minimum atomic E-state index is -3.77. The summed E-state index contributed by atoms with van der Waals surface area (Å²) in [6.45, 7) is 1.81. The molecule has 0 aromatic heterocycles. The number of nitrogens with zero attached hydrogens (tertiary/aromatic N) is 2. The fraction of sp³-hybridized carbons (Fsp3) is 0.481. The summed E-state index contributed by atoms with van der Waals surface area (Å²) in [7, 11) is -3.77. The lowest BCUT2D eigenvalue weighted by molar-refractivity contribution is -0.141. The van der Waals surface area contributed by atoms with Crippen molar-refractivity contribution >= 4 is 39.1 Å². The summed E-state index contributed by atoms with van der Waals surface area (Å²) < 4.78 is 40.0. The summed E-state index contributed by atoms with van der Waals surface area (Å²) in [6.07, 6.45) is 6.32. The van der Waals surface area contributed by atoms with Gasteiger partial charge in [-0.1, -0.05) is 55.1 Å². The van der Waals surface area contributed by atoms with Crippen LogP contribution in [-0.4, -0.2) is 50.0 Å². The van der Waals surface area contributed by atoms with Crippen LogP contribution in [0.2, 0.25) is 5.02 Å². The van der Waals surface area contributed by atoms with Crippen LogP contribution in [0, 0.1) is 5.82 Å². The fourth-order valence-electron chi connectivity index (χ4n) is 4.62. The Morgan fingerprint density at radius 3 is 2.46 bits per heavy atom. The molecule has 0 aliphatic heterocycles. The van der Waals surface area contributed by atoms with Crippen molar-refractivity contribution in [1.82, 2.24) is 10.2 Å². The molecule has 1 aliphatic carbocycles. The molecule has 0 spiro atoms. The van der Waals surface area contributed by atoms with Crippen molar-refractivity contribution in [3.05, 3.63) is 64.9 Å². The second-order valence-electron chi connectivity index (χ2n) is 9.56. The third-order valence-electron chi connectivity index (χ3n) is 6.63. The molecule has 1 atom stereocenters. The molecule has 10 heteroatoms. The molecule has 0 bridgehead atoms. The highest BCUT2D eigenvalue weighted by Crippen LogP contribution is 2.23. The third-order valence-corrected chi connectivity index (χ3v) is 8.05. The molecule has 1 fully saturated rings. The van der Waals surface area contributed by atoms with Crippen molar-refractivity contribution in [2.45, 2.75) is 70.5 Å². The Hall–Kier alpha value is -2.65. The van der Waals surface area contributed by atoms with Gasteiger partial charge in [-0.3, -0.25) is 13.9 Å². The highest BCUT2D eigenvalue weighted by Gasteiger charge is 2.28. The van der Waals surface area contributed by atoms with Crippen LogP contribution in [0.15, 0.2) is 48.5 Å². The van der Waals surface area contributed by atoms with E-state index in [4.69, 9.17) is 11.6 Å². The summed E-state index contributed by atoms with van der Waals surface area (Å²) in [6, 6.07) is 12.1. The van der Waals surface area contributed by atoms with Crippen molar-refractivity contribution in [3.63, 3.8) is 0 Å². The highest BCUT2D eigenvalue weighted by molar-refractivity contribution is 7.92. The van der Waals surface area contributed by atoms with Gasteiger partial charge in [0, 0.05) is 30.6 Å². The first kappa shape index (κ1) is 28.9. The number of benzene rings is 2. The van der Waals surface area contributed by atoms with Gasteiger partial charge in [0.15, 0.2) is 0 Å². The number of hydrogen-bond acceptors (Lipinski definition) is 4. The molecule has 3 rings (SSSR count). The smallest absolute Gasteiger partial charge is 0.242 e. The average molecular weight is 552 g/mol. The average Bonchev–Trinajstić information content (AvgIpc) is 2.85. The van der Waals surface area contributed by atoms with Crippen molar-refractivity contribution in [2.75, 3.05) is 17.1 Å². The summed E-state index contributed by atoms with van der Waals surface area (Å²) in [5, 5.41) is 3.61. The van der Waals surface area contributed by atoms with Crippen LogP contribution in [-0.2, 0) is 26.2 Å². The Labute approximate surface area is 224 Å². The lowest BCUT2D eigenvalue weighted by Gasteiger charge is -2.31. The van der Waals surface area contributed by atoms with E-state index in [1.807, 2.05) is 6.07 Å². The molecule has 2 aromatic rings. The monoisotopic (exact) mass is 551 g/mol. The second-order valence-corrected chi connectivity index (χ2v) is 11.9. The Balaban J connectivity index is 1.72. The summed E-state index contributed by atoms with van der Waals surface area (Å²) in [5.74, 6) is -1.17. The number of nitrogens with one attached hydrogen (secondary N) is 1. The predicted octanol–water partition coefficient (Wildman–Crippen LogP) is 4.89. The largest absolute Gasteiger partial charge is 0.352 e. The summed E-state index contributed by atoms with van der Waals surface area (Å²) in [4.78, 5) is 28.0. The number of sulfonamides is 1. The first-order valence-electron chi connectivity index (χ1n) is 12.6. The quantitative estimate of drug-likeness (QED) is 0.431. The van der Waals surface area contributed by atoms with E-state index in [0.29, 0.717) is 5.02 Å². The van der Waals surface area contributed by atoms with E-state index in [-0.39, 0.29) is 49.5 Å². The zero-order valence-corrected chi connectivity index (χ0v) is 22.9. The zero-order valence-electron chi connectivity index (χ0n) is 21.3. The topological polar surface area (TPSA) is 86.8 Å².